The van der Waals surface area contributed by atoms with E-state index >= 15 is 0 Å². The Kier molecular flexibility index (Phi) is 1.97. The van der Waals surface area contributed by atoms with E-state index in [0.29, 0.717) is 18.7 Å². The minimum Gasteiger partial charge on any atom is -0.390 e. The van der Waals surface area contributed by atoms with Gasteiger partial charge in [0.2, 0.25) is 0 Å². The van der Waals surface area contributed by atoms with Gasteiger partial charge in [-0.1, -0.05) is 0 Å². The molecule has 1 aromatic rings. The number of hydrogen-bond donors (Lipinski definition) is 2. The van der Waals surface area contributed by atoms with Crippen molar-refractivity contribution in [2.45, 2.75) is 25.2 Å². The Morgan fingerprint density at radius 2 is 2.36 bits per heavy atom. The van der Waals surface area contributed by atoms with Crippen molar-refractivity contribution in [3.8, 4) is 0 Å². The van der Waals surface area contributed by atoms with Gasteiger partial charge in [0.15, 0.2) is 0 Å². The van der Waals surface area contributed by atoms with E-state index in [-0.39, 0.29) is 5.82 Å². The molecule has 1 aliphatic heterocycles. The van der Waals surface area contributed by atoms with Gasteiger partial charge >= 0.3 is 5.82 Å². The molecule has 0 radical (unpaired) electrons. The van der Waals surface area contributed by atoms with Crippen molar-refractivity contribution in [3.63, 3.8) is 0 Å². The summed E-state index contributed by atoms with van der Waals surface area (Å²) in [6.45, 7) is 0.390. The molecule has 7 nitrogen and oxygen atoms in total. The molecule has 0 saturated carbocycles. The summed E-state index contributed by atoms with van der Waals surface area (Å²) in [6.07, 6.45) is -1.59. The molecular formula is C7H9N3O4. The SMILES string of the molecule is O=[N+]([O-])c1cc2n(n1)CC[C@@H](O)[C@H]2O. The predicted molar refractivity (Wildman–Crippen MR) is 44.5 cm³/mol. The van der Waals surface area contributed by atoms with Gasteiger partial charge in [-0.3, -0.25) is 0 Å². The fourth-order valence-electron chi connectivity index (χ4n) is 1.53. The Labute approximate surface area is 78.7 Å². The van der Waals surface area contributed by atoms with E-state index in [2.05, 4.69) is 5.10 Å². The number of fused-ring (bicyclic) bond motifs is 1. The molecule has 0 bridgehead atoms. The second kappa shape index (κ2) is 3.03. The topological polar surface area (TPSA) is 101 Å². The van der Waals surface area contributed by atoms with E-state index in [1.54, 1.807) is 0 Å². The predicted octanol–water partition coefficient (Wildman–Crippen LogP) is -0.411. The number of hydrogen-bond acceptors (Lipinski definition) is 5. The van der Waals surface area contributed by atoms with Crippen molar-refractivity contribution >= 4 is 5.82 Å². The number of nitro groups is 1. The van der Waals surface area contributed by atoms with Gasteiger partial charge in [-0.05, 0) is 11.3 Å². The van der Waals surface area contributed by atoms with E-state index in [1.165, 1.54) is 10.7 Å². The van der Waals surface area contributed by atoms with Crippen LogP contribution in [0.3, 0.4) is 0 Å². The van der Waals surface area contributed by atoms with Crippen LogP contribution in [0.5, 0.6) is 0 Å². The normalized spacial score (nSPS) is 25.9. The number of aliphatic hydroxyl groups excluding tert-OH is 2. The molecule has 0 aliphatic carbocycles. The van der Waals surface area contributed by atoms with Crippen LogP contribution in [0.25, 0.3) is 0 Å². The minimum absolute atomic E-state index is 0.298. The van der Waals surface area contributed by atoms with Crippen molar-refractivity contribution in [2.75, 3.05) is 0 Å². The zero-order chi connectivity index (χ0) is 10.3. The molecule has 2 atom stereocenters. The number of rotatable bonds is 1. The third kappa shape index (κ3) is 1.26. The molecule has 0 amide bonds. The highest BCUT2D eigenvalue weighted by molar-refractivity contribution is 5.25. The van der Waals surface area contributed by atoms with Gasteiger partial charge in [-0.15, -0.1) is 0 Å². The van der Waals surface area contributed by atoms with Gasteiger partial charge < -0.3 is 20.3 Å². The monoisotopic (exact) mass is 199 g/mol. The quantitative estimate of drug-likeness (QED) is 0.473. The maximum atomic E-state index is 10.4. The summed E-state index contributed by atoms with van der Waals surface area (Å²) in [5.41, 5.74) is 0.301. The van der Waals surface area contributed by atoms with E-state index in [9.17, 15) is 20.3 Å². The first-order chi connectivity index (χ1) is 6.59. The summed E-state index contributed by atoms with van der Waals surface area (Å²) >= 11 is 0. The van der Waals surface area contributed by atoms with E-state index in [1.807, 2.05) is 0 Å². The molecule has 7 heteroatoms. The second-order valence-electron chi connectivity index (χ2n) is 3.21. The van der Waals surface area contributed by atoms with Crippen LogP contribution >= 0.6 is 0 Å². The number of nitrogens with zero attached hydrogens (tertiary/aromatic N) is 3. The largest absolute Gasteiger partial charge is 0.390 e. The van der Waals surface area contributed by atoms with Gasteiger partial charge in [0, 0.05) is 0 Å². The summed E-state index contributed by atoms with van der Waals surface area (Å²) in [5.74, 6) is -0.298. The lowest BCUT2D eigenvalue weighted by Gasteiger charge is -2.21. The number of aromatic nitrogens is 2. The minimum atomic E-state index is -1.08. The van der Waals surface area contributed by atoms with Gasteiger partial charge in [0.05, 0.1) is 29.5 Å². The number of aryl methyl sites for hydroxylation is 1. The molecule has 14 heavy (non-hydrogen) atoms. The lowest BCUT2D eigenvalue weighted by Crippen LogP contribution is -2.28. The van der Waals surface area contributed by atoms with Crippen LogP contribution in [-0.2, 0) is 6.54 Å². The van der Waals surface area contributed by atoms with Crippen LogP contribution < -0.4 is 0 Å². The average molecular weight is 199 g/mol. The van der Waals surface area contributed by atoms with Crippen molar-refractivity contribution in [3.05, 3.63) is 21.9 Å². The summed E-state index contributed by atoms with van der Waals surface area (Å²) in [7, 11) is 0. The molecule has 0 aromatic carbocycles. The summed E-state index contributed by atoms with van der Waals surface area (Å²) in [6, 6.07) is 1.19. The Balaban J connectivity index is 2.41. The summed E-state index contributed by atoms with van der Waals surface area (Å²) < 4.78 is 1.36. The highest BCUT2D eigenvalue weighted by Gasteiger charge is 2.32. The fraction of sp³-hybridized carbons (Fsp3) is 0.571. The molecular weight excluding hydrogens is 190 g/mol. The van der Waals surface area contributed by atoms with Gasteiger partial charge in [0.25, 0.3) is 0 Å². The van der Waals surface area contributed by atoms with Crippen molar-refractivity contribution in [1.29, 1.82) is 0 Å². The maximum Gasteiger partial charge on any atom is 0.390 e. The van der Waals surface area contributed by atoms with Gasteiger partial charge in [0.1, 0.15) is 6.10 Å². The zero-order valence-corrected chi connectivity index (χ0v) is 7.20. The van der Waals surface area contributed by atoms with Crippen LogP contribution in [0.1, 0.15) is 18.2 Å². The smallest absolute Gasteiger partial charge is 0.390 e. The standard InChI is InChI=1S/C7H9N3O4/c11-5-1-2-9-4(7(5)12)3-6(8-9)10(13)14/h3,5,7,11-12H,1-2H2/t5-,7+/m1/s1. The van der Waals surface area contributed by atoms with Crippen molar-refractivity contribution in [1.82, 2.24) is 9.78 Å². The van der Waals surface area contributed by atoms with Crippen LogP contribution in [0.4, 0.5) is 5.82 Å². The van der Waals surface area contributed by atoms with Crippen molar-refractivity contribution < 1.29 is 15.1 Å². The van der Waals surface area contributed by atoms with E-state index in [4.69, 9.17) is 0 Å². The Hall–Kier alpha value is -1.47. The Bertz CT molecular complexity index is 375. The first-order valence-electron chi connectivity index (χ1n) is 4.18. The summed E-state index contributed by atoms with van der Waals surface area (Å²) in [5, 5.41) is 32.9. The fourth-order valence-corrected chi connectivity index (χ4v) is 1.53. The van der Waals surface area contributed by atoms with E-state index < -0.39 is 17.1 Å². The molecule has 0 spiro atoms. The van der Waals surface area contributed by atoms with Gasteiger partial charge in [-0.25, -0.2) is 0 Å². The van der Waals surface area contributed by atoms with Crippen LogP contribution in [0.2, 0.25) is 0 Å². The molecule has 1 aromatic heterocycles. The van der Waals surface area contributed by atoms with Crippen LogP contribution in [-0.4, -0.2) is 31.0 Å². The molecule has 2 heterocycles. The summed E-state index contributed by atoms with van der Waals surface area (Å²) in [4.78, 5) is 9.77. The van der Waals surface area contributed by atoms with Gasteiger partial charge in [-0.2, -0.15) is 4.68 Å². The molecule has 0 unspecified atom stereocenters. The maximum absolute atomic E-state index is 10.4. The molecule has 1 aliphatic rings. The lowest BCUT2D eigenvalue weighted by atomic mass is 10.0. The number of aliphatic hydroxyl groups is 2. The first-order valence-corrected chi connectivity index (χ1v) is 4.18. The Morgan fingerprint density at radius 1 is 1.64 bits per heavy atom. The average Bonchev–Trinajstić information content (AvgIpc) is 2.56. The third-order valence-electron chi connectivity index (χ3n) is 2.29. The van der Waals surface area contributed by atoms with Crippen LogP contribution in [0.15, 0.2) is 6.07 Å². The molecule has 0 saturated heterocycles. The lowest BCUT2D eigenvalue weighted by molar-refractivity contribution is -0.389. The van der Waals surface area contributed by atoms with Crippen molar-refractivity contribution in [2.24, 2.45) is 0 Å². The highest BCUT2D eigenvalue weighted by Crippen LogP contribution is 2.27. The highest BCUT2D eigenvalue weighted by atomic mass is 16.6. The molecule has 2 rings (SSSR count). The molecule has 2 N–H and O–H groups in total. The second-order valence-corrected chi connectivity index (χ2v) is 3.21. The molecule has 76 valence electrons. The molecule has 0 fully saturated rings. The Morgan fingerprint density at radius 3 is 3.00 bits per heavy atom. The van der Waals surface area contributed by atoms with E-state index in [0.717, 1.165) is 0 Å². The zero-order valence-electron chi connectivity index (χ0n) is 7.20. The van der Waals surface area contributed by atoms with Crippen LogP contribution in [0, 0.1) is 10.1 Å². The third-order valence-corrected chi connectivity index (χ3v) is 2.29. The first kappa shape index (κ1) is 9.10.